The number of benzene rings is 2. The highest BCUT2D eigenvalue weighted by atomic mass is 35.5. The van der Waals surface area contributed by atoms with E-state index in [-0.39, 0.29) is 18.2 Å². The Morgan fingerprint density at radius 3 is 2.37 bits per heavy atom. The van der Waals surface area contributed by atoms with E-state index in [2.05, 4.69) is 13.8 Å². The van der Waals surface area contributed by atoms with Gasteiger partial charge in [-0.2, -0.15) is 0 Å². The highest BCUT2D eigenvalue weighted by molar-refractivity contribution is 7.99. The lowest BCUT2D eigenvalue weighted by atomic mass is 10.1. The molecule has 0 aliphatic carbocycles. The summed E-state index contributed by atoms with van der Waals surface area (Å²) < 4.78 is 7.86. The van der Waals surface area contributed by atoms with Crippen LogP contribution in [0, 0.1) is 0 Å². The van der Waals surface area contributed by atoms with Crippen LogP contribution in [0.25, 0.3) is 0 Å². The Bertz CT molecular complexity index is 999. The van der Waals surface area contributed by atoms with Crippen LogP contribution in [0.1, 0.15) is 43.8 Å². The number of hydrogen-bond donors (Lipinski definition) is 0. The van der Waals surface area contributed by atoms with Gasteiger partial charge in [0.1, 0.15) is 23.2 Å². The zero-order chi connectivity index (χ0) is 21.7. The Kier molecular flexibility index (Phi) is 8.00. The summed E-state index contributed by atoms with van der Waals surface area (Å²) in [5.74, 6) is 0.974. The third-order valence-corrected chi connectivity index (χ3v) is 5.88. The largest absolute Gasteiger partial charge is 0.369 e. The van der Waals surface area contributed by atoms with E-state index in [1.807, 2.05) is 47.0 Å². The normalized spacial score (nSPS) is 11.3. The van der Waals surface area contributed by atoms with Crippen molar-refractivity contribution in [1.82, 2.24) is 9.55 Å². The first-order chi connectivity index (χ1) is 14.3. The molecule has 0 spiro atoms. The van der Waals surface area contributed by atoms with Gasteiger partial charge in [-0.05, 0) is 36.6 Å². The third kappa shape index (κ3) is 6.11. The maximum Gasteiger partial charge on any atom is 0.149 e. The minimum atomic E-state index is 0.0537. The number of nitrogens with zero attached hydrogens (tertiary/aromatic N) is 2. The summed E-state index contributed by atoms with van der Waals surface area (Å²) in [4.78, 5) is 17.7. The number of aromatic nitrogens is 2. The van der Waals surface area contributed by atoms with E-state index in [0.29, 0.717) is 23.3 Å². The monoisotopic (exact) mass is 462 g/mol. The number of imidazole rings is 1. The van der Waals surface area contributed by atoms with E-state index >= 15 is 0 Å². The molecule has 4 nitrogen and oxygen atoms in total. The van der Waals surface area contributed by atoms with Gasteiger partial charge in [0.15, 0.2) is 0 Å². The van der Waals surface area contributed by atoms with Crippen molar-refractivity contribution < 1.29 is 9.53 Å². The van der Waals surface area contributed by atoms with E-state index in [0.717, 1.165) is 27.0 Å². The molecule has 1 heterocycles. The van der Waals surface area contributed by atoms with Crippen molar-refractivity contribution >= 4 is 40.7 Å². The molecule has 0 aliphatic heterocycles. The first-order valence-corrected chi connectivity index (χ1v) is 11.2. The molecule has 0 N–H and O–H groups in total. The third-order valence-electron chi connectivity index (χ3n) is 4.35. The van der Waals surface area contributed by atoms with E-state index in [1.165, 1.54) is 11.8 Å². The SMILES string of the molecule is CC(=O)Cn1c(COCc2ccccc2)nc(C(C)C)c1Sc1cc(Cl)cc(Cl)c1. The van der Waals surface area contributed by atoms with Gasteiger partial charge in [0.25, 0.3) is 0 Å². The van der Waals surface area contributed by atoms with E-state index in [4.69, 9.17) is 32.9 Å². The van der Waals surface area contributed by atoms with Gasteiger partial charge < -0.3 is 9.30 Å². The van der Waals surface area contributed by atoms with Gasteiger partial charge in [-0.25, -0.2) is 4.98 Å². The number of carbonyl (C=O) groups excluding carboxylic acids is 1. The van der Waals surface area contributed by atoms with Gasteiger partial charge in [0, 0.05) is 14.9 Å². The van der Waals surface area contributed by atoms with Crippen molar-refractivity contribution in [2.45, 2.75) is 56.4 Å². The second kappa shape index (κ2) is 10.5. The van der Waals surface area contributed by atoms with Crippen LogP contribution in [0.5, 0.6) is 0 Å². The van der Waals surface area contributed by atoms with Crippen LogP contribution < -0.4 is 0 Å². The fraction of sp³-hybridized carbons (Fsp3) is 0.304. The quantitative estimate of drug-likeness (QED) is 0.351. The Morgan fingerprint density at radius 2 is 1.77 bits per heavy atom. The van der Waals surface area contributed by atoms with Crippen LogP contribution in [0.4, 0.5) is 0 Å². The lowest BCUT2D eigenvalue weighted by Gasteiger charge is -2.12. The second-order valence-corrected chi connectivity index (χ2v) is 9.28. The maximum absolute atomic E-state index is 12.0. The molecule has 0 saturated carbocycles. The van der Waals surface area contributed by atoms with Crippen LogP contribution in [0.15, 0.2) is 58.5 Å². The van der Waals surface area contributed by atoms with E-state index in [1.54, 1.807) is 13.0 Å². The summed E-state index contributed by atoms with van der Waals surface area (Å²) >= 11 is 13.9. The van der Waals surface area contributed by atoms with Crippen molar-refractivity contribution in [3.8, 4) is 0 Å². The zero-order valence-corrected chi connectivity index (χ0v) is 19.5. The van der Waals surface area contributed by atoms with Crippen molar-refractivity contribution in [3.63, 3.8) is 0 Å². The Labute approximate surface area is 191 Å². The molecule has 7 heteroatoms. The molecule has 0 unspecified atom stereocenters. The average Bonchev–Trinajstić information content (AvgIpc) is 2.99. The van der Waals surface area contributed by atoms with Crippen LogP contribution in [-0.4, -0.2) is 15.3 Å². The molecule has 0 radical (unpaired) electrons. The standard InChI is InChI=1S/C23H24Cl2N2O2S/c1-15(2)22-23(30-20-10-18(24)9-19(25)11-20)27(12-16(3)28)21(26-22)14-29-13-17-7-5-4-6-8-17/h4-11,15H,12-14H2,1-3H3. The molecule has 2 aromatic carbocycles. The Morgan fingerprint density at radius 1 is 1.10 bits per heavy atom. The van der Waals surface area contributed by atoms with Gasteiger partial charge in [0.05, 0.1) is 18.8 Å². The molecule has 0 amide bonds. The topological polar surface area (TPSA) is 44.1 Å². The van der Waals surface area contributed by atoms with Crippen LogP contribution >= 0.6 is 35.0 Å². The molecule has 0 saturated heterocycles. The van der Waals surface area contributed by atoms with Gasteiger partial charge in [-0.3, -0.25) is 4.79 Å². The number of halogens is 2. The Hall–Kier alpha value is -1.79. The molecular weight excluding hydrogens is 439 g/mol. The smallest absolute Gasteiger partial charge is 0.149 e. The summed E-state index contributed by atoms with van der Waals surface area (Å²) in [5, 5.41) is 2.05. The number of ketones is 1. The van der Waals surface area contributed by atoms with Crippen molar-refractivity contribution in [2.24, 2.45) is 0 Å². The summed E-state index contributed by atoms with van der Waals surface area (Å²) in [5.41, 5.74) is 2.02. The first-order valence-electron chi connectivity index (χ1n) is 9.68. The molecule has 0 fully saturated rings. The van der Waals surface area contributed by atoms with Crippen molar-refractivity contribution in [2.75, 3.05) is 0 Å². The lowest BCUT2D eigenvalue weighted by Crippen LogP contribution is -2.12. The molecule has 30 heavy (non-hydrogen) atoms. The summed E-state index contributed by atoms with van der Waals surface area (Å²) in [6.07, 6.45) is 0. The highest BCUT2D eigenvalue weighted by Gasteiger charge is 2.21. The summed E-state index contributed by atoms with van der Waals surface area (Å²) in [7, 11) is 0. The average molecular weight is 463 g/mol. The summed E-state index contributed by atoms with van der Waals surface area (Å²) in [6.45, 7) is 6.79. The number of ether oxygens (including phenoxy) is 1. The highest BCUT2D eigenvalue weighted by Crippen LogP contribution is 2.37. The van der Waals surface area contributed by atoms with Crippen molar-refractivity contribution in [1.29, 1.82) is 0 Å². The molecule has 3 rings (SSSR count). The molecule has 0 atom stereocenters. The van der Waals surface area contributed by atoms with Gasteiger partial charge in [-0.1, -0.05) is 79.1 Å². The van der Waals surface area contributed by atoms with E-state index < -0.39 is 0 Å². The zero-order valence-electron chi connectivity index (χ0n) is 17.2. The van der Waals surface area contributed by atoms with Gasteiger partial charge in [-0.15, -0.1) is 0 Å². The van der Waals surface area contributed by atoms with Crippen LogP contribution in [0.3, 0.4) is 0 Å². The number of rotatable bonds is 9. The number of hydrogen-bond acceptors (Lipinski definition) is 4. The molecule has 3 aromatic rings. The molecular formula is C23H24Cl2N2O2S. The minimum absolute atomic E-state index is 0.0537. The van der Waals surface area contributed by atoms with Crippen molar-refractivity contribution in [3.05, 3.63) is 75.7 Å². The van der Waals surface area contributed by atoms with Gasteiger partial charge >= 0.3 is 0 Å². The molecule has 0 bridgehead atoms. The predicted molar refractivity (Wildman–Crippen MR) is 123 cm³/mol. The molecule has 158 valence electrons. The lowest BCUT2D eigenvalue weighted by molar-refractivity contribution is -0.117. The fourth-order valence-corrected chi connectivity index (χ4v) is 4.93. The first kappa shape index (κ1) is 22.9. The fourth-order valence-electron chi connectivity index (χ4n) is 3.02. The second-order valence-electron chi connectivity index (χ2n) is 7.35. The van der Waals surface area contributed by atoms with E-state index in [9.17, 15) is 4.79 Å². The maximum atomic E-state index is 12.0. The summed E-state index contributed by atoms with van der Waals surface area (Å²) in [6, 6.07) is 15.4. The number of Topliss-reactive ketones (excluding diaryl/α,β-unsaturated/α-hetero) is 1. The van der Waals surface area contributed by atoms with Crippen LogP contribution in [0.2, 0.25) is 10.0 Å². The number of carbonyl (C=O) groups is 1. The minimum Gasteiger partial charge on any atom is -0.369 e. The molecule has 0 aliphatic rings. The Balaban J connectivity index is 1.91. The predicted octanol–water partition coefficient (Wildman–Crippen LogP) is 6.77. The van der Waals surface area contributed by atoms with Gasteiger partial charge in [0.2, 0.25) is 0 Å². The van der Waals surface area contributed by atoms with Crippen LogP contribution in [-0.2, 0) is 29.3 Å². The molecule has 1 aromatic heterocycles.